The van der Waals surface area contributed by atoms with Gasteiger partial charge in [0, 0.05) is 23.3 Å². The van der Waals surface area contributed by atoms with E-state index in [1.165, 1.54) is 6.42 Å². The van der Waals surface area contributed by atoms with Crippen molar-refractivity contribution in [3.63, 3.8) is 0 Å². The first kappa shape index (κ1) is 17.3. The van der Waals surface area contributed by atoms with Crippen molar-refractivity contribution in [3.8, 4) is 11.8 Å². The summed E-state index contributed by atoms with van der Waals surface area (Å²) in [5.74, 6) is 6.06. The van der Waals surface area contributed by atoms with E-state index in [4.69, 9.17) is 0 Å². The second-order valence-electron chi connectivity index (χ2n) is 7.51. The second-order valence-corrected chi connectivity index (χ2v) is 10.4. The average molecular weight is 296 g/mol. The fourth-order valence-electron chi connectivity index (χ4n) is 2.48. The molecule has 0 atom stereocenters. The monoisotopic (exact) mass is 296 g/mol. The molecule has 1 saturated carbocycles. The molecule has 0 saturated heterocycles. The number of rotatable bonds is 2. The minimum Gasteiger partial charge on any atom is -0.292 e. The Morgan fingerprint density at radius 2 is 1.60 bits per heavy atom. The Kier molecular flexibility index (Phi) is 5.13. The molecule has 1 rings (SSSR count). The smallest absolute Gasteiger partial charge is 0.185 e. The topological polar surface area (TPSA) is 34.1 Å². The van der Waals surface area contributed by atoms with E-state index in [9.17, 15) is 9.00 Å². The Balaban J connectivity index is 3.24. The first-order valence-corrected chi connectivity index (χ1v) is 9.72. The van der Waals surface area contributed by atoms with Gasteiger partial charge in [0.2, 0.25) is 0 Å². The summed E-state index contributed by atoms with van der Waals surface area (Å²) in [7, 11) is -2.33. The van der Waals surface area contributed by atoms with E-state index in [0.29, 0.717) is 4.86 Å². The van der Waals surface area contributed by atoms with Gasteiger partial charge in [-0.25, -0.2) is 0 Å². The van der Waals surface area contributed by atoms with Crippen molar-refractivity contribution >= 4 is 20.2 Å². The van der Waals surface area contributed by atoms with Gasteiger partial charge in [-0.05, 0) is 43.1 Å². The summed E-state index contributed by atoms with van der Waals surface area (Å²) in [6, 6.07) is 0. The van der Waals surface area contributed by atoms with Gasteiger partial charge in [0.15, 0.2) is 5.78 Å². The third-order valence-corrected chi connectivity index (χ3v) is 5.02. The Labute approximate surface area is 124 Å². The summed E-state index contributed by atoms with van der Waals surface area (Å²) >= 11 is 0. The molecule has 1 aliphatic carbocycles. The lowest BCUT2D eigenvalue weighted by Crippen LogP contribution is -2.37. The number of carbonyl (C=O) groups excluding carboxylic acids is 1. The number of carbonyl (C=O) groups is 1. The lowest BCUT2D eigenvalue weighted by molar-refractivity contribution is -0.122. The Bertz CT molecular complexity index is 544. The number of hydrogen-bond donors (Lipinski definition) is 0. The normalized spacial score (nSPS) is 18.9. The van der Waals surface area contributed by atoms with Crippen LogP contribution < -0.4 is 0 Å². The zero-order chi connectivity index (χ0) is 15.6. The van der Waals surface area contributed by atoms with Gasteiger partial charge >= 0.3 is 0 Å². The molecule has 0 unspecified atom stereocenters. The van der Waals surface area contributed by atoms with Crippen LogP contribution in [-0.4, -0.2) is 27.4 Å². The van der Waals surface area contributed by atoms with Crippen molar-refractivity contribution in [1.82, 2.24) is 0 Å². The molecule has 2 nitrogen and oxygen atoms in total. The highest BCUT2D eigenvalue weighted by Gasteiger charge is 2.37. The molecule has 0 aromatic heterocycles. The van der Waals surface area contributed by atoms with E-state index in [2.05, 4.69) is 11.8 Å². The van der Waals surface area contributed by atoms with Gasteiger partial charge in [0.1, 0.15) is 4.86 Å². The van der Waals surface area contributed by atoms with Crippen molar-refractivity contribution in [3.05, 3.63) is 0 Å². The van der Waals surface area contributed by atoms with Gasteiger partial charge in [-0.3, -0.25) is 9.00 Å². The Morgan fingerprint density at radius 1 is 1.10 bits per heavy atom. The van der Waals surface area contributed by atoms with Crippen LogP contribution in [0.5, 0.6) is 0 Å². The maximum atomic E-state index is 12.9. The molecular weight excluding hydrogens is 268 g/mol. The van der Waals surface area contributed by atoms with Gasteiger partial charge in [-0.2, -0.15) is 0 Å². The van der Waals surface area contributed by atoms with Crippen LogP contribution >= 0.6 is 0 Å². The summed E-state index contributed by atoms with van der Waals surface area (Å²) in [5, 5.41) is 0. The Hall–Kier alpha value is -0.750. The molecule has 1 fully saturated rings. The molecule has 0 spiro atoms. The van der Waals surface area contributed by atoms with E-state index in [1.54, 1.807) is 12.5 Å². The fraction of sp³-hybridized carbons (Fsp3) is 0.765. The van der Waals surface area contributed by atoms with Crippen molar-refractivity contribution in [2.75, 3.05) is 12.5 Å². The summed E-state index contributed by atoms with van der Waals surface area (Å²) in [6.45, 7) is 8.01. The molecule has 0 amide bonds. The zero-order valence-electron chi connectivity index (χ0n) is 13.8. The summed E-state index contributed by atoms with van der Waals surface area (Å²) in [5.41, 5.74) is -0.557. The van der Waals surface area contributed by atoms with Crippen LogP contribution in [0.3, 0.4) is 0 Å². The summed E-state index contributed by atoms with van der Waals surface area (Å²) in [4.78, 5) is 13.2. The second kappa shape index (κ2) is 5.93. The molecule has 0 aromatic rings. The summed E-state index contributed by atoms with van der Waals surface area (Å²) < 4.78 is 12.5. The summed E-state index contributed by atoms with van der Waals surface area (Å²) in [6.07, 6.45) is 8.39. The van der Waals surface area contributed by atoms with Crippen LogP contribution in [0.2, 0.25) is 0 Å². The van der Waals surface area contributed by atoms with E-state index in [1.807, 2.05) is 27.7 Å². The average Bonchev–Trinajstić information content (AvgIpc) is 2.26. The molecule has 0 aromatic carbocycles. The molecule has 1 aliphatic rings. The standard InChI is InChI=1S/C17H28O2S/c1-16(2,3)13-10-14(20(5,6)19)15(18)17(4)11-8-7-9-12-17/h7-9,11-12H2,1-6H3. The maximum absolute atomic E-state index is 12.9. The molecule has 0 heterocycles. The lowest BCUT2D eigenvalue weighted by atomic mass is 9.72. The highest BCUT2D eigenvalue weighted by atomic mass is 32.2. The predicted octanol–water partition coefficient (Wildman–Crippen LogP) is 3.29. The lowest BCUT2D eigenvalue weighted by Gasteiger charge is -2.32. The largest absolute Gasteiger partial charge is 0.292 e. The predicted molar refractivity (Wildman–Crippen MR) is 88.4 cm³/mol. The molecular formula is C17H28O2S. The van der Waals surface area contributed by atoms with Gasteiger partial charge in [-0.1, -0.05) is 38.0 Å². The van der Waals surface area contributed by atoms with Crippen LogP contribution in [0, 0.1) is 22.7 Å². The third kappa shape index (κ3) is 4.66. The molecule has 0 N–H and O–H groups in total. The van der Waals surface area contributed by atoms with Crippen LogP contribution in [0.15, 0.2) is 0 Å². The van der Waals surface area contributed by atoms with Gasteiger partial charge in [-0.15, -0.1) is 0 Å². The van der Waals surface area contributed by atoms with Crippen molar-refractivity contribution in [2.24, 2.45) is 10.8 Å². The Morgan fingerprint density at radius 3 is 2.00 bits per heavy atom. The fourth-order valence-corrected chi connectivity index (χ4v) is 3.47. The van der Waals surface area contributed by atoms with E-state index >= 15 is 0 Å². The van der Waals surface area contributed by atoms with Crippen LogP contribution in [0.25, 0.3) is 0 Å². The van der Waals surface area contributed by atoms with E-state index in [-0.39, 0.29) is 16.6 Å². The van der Waals surface area contributed by atoms with Crippen molar-refractivity contribution < 1.29 is 9.00 Å². The van der Waals surface area contributed by atoms with Crippen LogP contribution in [0.1, 0.15) is 59.8 Å². The minimum atomic E-state index is -2.33. The first-order valence-electron chi connectivity index (χ1n) is 7.35. The van der Waals surface area contributed by atoms with Crippen LogP contribution in [-0.2, 0) is 14.3 Å². The third-order valence-electron chi connectivity index (χ3n) is 3.75. The number of Topliss-reactive ketones (excluding diaryl/α,β-unsaturated/α-hetero) is 1. The van der Waals surface area contributed by atoms with Crippen molar-refractivity contribution in [1.29, 1.82) is 0 Å². The van der Waals surface area contributed by atoms with E-state index < -0.39 is 9.52 Å². The van der Waals surface area contributed by atoms with Crippen LogP contribution in [0.4, 0.5) is 0 Å². The zero-order valence-corrected chi connectivity index (χ0v) is 14.6. The highest BCUT2D eigenvalue weighted by molar-refractivity contribution is 8.02. The van der Waals surface area contributed by atoms with Crippen molar-refractivity contribution in [2.45, 2.75) is 59.8 Å². The number of ketones is 1. The molecule has 0 radical (unpaired) electrons. The highest BCUT2D eigenvalue weighted by Crippen LogP contribution is 2.37. The van der Waals surface area contributed by atoms with E-state index in [0.717, 1.165) is 25.7 Å². The minimum absolute atomic E-state index is 0.0175. The quantitative estimate of drug-likeness (QED) is 0.579. The van der Waals surface area contributed by atoms with Gasteiger partial charge < -0.3 is 0 Å². The van der Waals surface area contributed by atoms with Gasteiger partial charge in [0.25, 0.3) is 0 Å². The molecule has 114 valence electrons. The first-order chi connectivity index (χ1) is 8.96. The molecule has 3 heteroatoms. The number of hydrogen-bond acceptors (Lipinski definition) is 2. The molecule has 0 aliphatic heterocycles. The van der Waals surface area contributed by atoms with Gasteiger partial charge in [0.05, 0.1) is 0 Å². The molecule has 0 bridgehead atoms. The SMILES string of the molecule is CC(C)(C)C#CC(C(=O)C1(C)CCCCC1)=S(C)(C)=O. The maximum Gasteiger partial charge on any atom is 0.185 e. The molecule has 20 heavy (non-hydrogen) atoms.